The number of nitriles is 1. The van der Waals surface area contributed by atoms with Gasteiger partial charge in [-0.2, -0.15) is 5.26 Å². The maximum absolute atomic E-state index is 12.4. The van der Waals surface area contributed by atoms with Gasteiger partial charge in [0.1, 0.15) is 4.47 Å². The van der Waals surface area contributed by atoms with Gasteiger partial charge in [-0.3, -0.25) is 9.78 Å². The Bertz CT molecular complexity index is 886. The number of aromatic amines is 1. The van der Waals surface area contributed by atoms with Crippen LogP contribution < -0.4 is 10.5 Å². The summed E-state index contributed by atoms with van der Waals surface area (Å²) >= 11 is 3.42. The van der Waals surface area contributed by atoms with Crippen LogP contribution in [-0.2, 0) is 5.41 Å². The fraction of sp³-hybridized carbons (Fsp3) is 0.421. The monoisotopic (exact) mass is 402 g/mol. The molecule has 0 aliphatic rings. The Labute approximate surface area is 156 Å². The van der Waals surface area contributed by atoms with E-state index < -0.39 is 5.41 Å². The first-order valence-corrected chi connectivity index (χ1v) is 8.96. The van der Waals surface area contributed by atoms with Crippen molar-refractivity contribution < 1.29 is 0 Å². The Kier molecular flexibility index (Phi) is 5.38. The minimum Gasteiger partial charge on any atom is -0.346 e. The second-order valence-corrected chi connectivity index (χ2v) is 7.58. The number of rotatable bonds is 4. The predicted octanol–water partition coefficient (Wildman–Crippen LogP) is 3.80. The zero-order valence-electron chi connectivity index (χ0n) is 15.5. The van der Waals surface area contributed by atoms with Crippen molar-refractivity contribution >= 4 is 21.9 Å². The lowest BCUT2D eigenvalue weighted by Crippen LogP contribution is -2.30. The first kappa shape index (κ1) is 19.2. The Morgan fingerprint density at radius 2 is 1.88 bits per heavy atom. The lowest BCUT2D eigenvalue weighted by atomic mass is 9.76. The molecular weight excluding hydrogens is 380 g/mol. The van der Waals surface area contributed by atoms with Gasteiger partial charge in [0.25, 0.3) is 5.56 Å². The molecule has 1 N–H and O–H groups in total. The van der Waals surface area contributed by atoms with E-state index in [0.29, 0.717) is 21.7 Å². The van der Waals surface area contributed by atoms with Gasteiger partial charge in [0.2, 0.25) is 5.95 Å². The van der Waals surface area contributed by atoms with Crippen LogP contribution in [0.5, 0.6) is 0 Å². The van der Waals surface area contributed by atoms with Crippen LogP contribution in [0.3, 0.4) is 0 Å². The maximum atomic E-state index is 12.4. The smallest absolute Gasteiger partial charge is 0.266 e. The molecule has 132 valence electrons. The molecule has 2 aromatic rings. The topological polar surface area (TPSA) is 72.8 Å². The van der Waals surface area contributed by atoms with Crippen LogP contribution in [-0.4, -0.2) is 23.6 Å². The summed E-state index contributed by atoms with van der Waals surface area (Å²) in [5.74, 6) is 0.544. The summed E-state index contributed by atoms with van der Waals surface area (Å²) in [5, 5.41) is 9.18. The van der Waals surface area contributed by atoms with Crippen molar-refractivity contribution in [3.05, 3.63) is 54.9 Å². The molecule has 0 fully saturated rings. The summed E-state index contributed by atoms with van der Waals surface area (Å²) in [5.41, 5.74) is 3.73. The number of nitrogens with zero attached hydrogens (tertiary/aromatic N) is 3. The molecule has 6 heteroatoms. The van der Waals surface area contributed by atoms with Gasteiger partial charge in [0.05, 0.1) is 17.3 Å². The SMILES string of the molecule is CCN(C)c1nc(C(C)(C)c2c(C)cc(C#N)cc2C)c(Br)c(=O)[nH]1. The van der Waals surface area contributed by atoms with Crippen LogP contribution >= 0.6 is 15.9 Å². The van der Waals surface area contributed by atoms with Crippen molar-refractivity contribution in [1.82, 2.24) is 9.97 Å². The summed E-state index contributed by atoms with van der Waals surface area (Å²) in [6.07, 6.45) is 0. The van der Waals surface area contributed by atoms with Gasteiger partial charge in [-0.05, 0) is 65.5 Å². The van der Waals surface area contributed by atoms with Crippen molar-refractivity contribution in [2.24, 2.45) is 0 Å². The summed E-state index contributed by atoms with van der Waals surface area (Å²) in [7, 11) is 1.89. The molecule has 0 aliphatic carbocycles. The number of aryl methyl sites for hydroxylation is 2. The summed E-state index contributed by atoms with van der Waals surface area (Å²) in [6.45, 7) is 10.8. The van der Waals surface area contributed by atoms with E-state index in [-0.39, 0.29) is 5.56 Å². The van der Waals surface area contributed by atoms with E-state index in [1.54, 1.807) is 0 Å². The van der Waals surface area contributed by atoms with Crippen molar-refractivity contribution in [3.63, 3.8) is 0 Å². The largest absolute Gasteiger partial charge is 0.346 e. The first-order valence-electron chi connectivity index (χ1n) is 8.16. The highest BCUT2D eigenvalue weighted by Crippen LogP contribution is 2.38. The molecule has 0 saturated heterocycles. The van der Waals surface area contributed by atoms with Gasteiger partial charge >= 0.3 is 0 Å². The predicted molar refractivity (Wildman–Crippen MR) is 104 cm³/mol. The standard InChI is InChI=1S/C19H23BrN4O/c1-7-24(6)18-22-16(15(20)17(25)23-18)19(4,5)14-11(2)8-13(10-21)9-12(14)3/h8-9H,7H2,1-6H3,(H,22,23,25). The number of hydrogen-bond donors (Lipinski definition) is 1. The fourth-order valence-corrected chi connectivity index (χ4v) is 4.01. The normalized spacial score (nSPS) is 11.3. The first-order chi connectivity index (χ1) is 11.6. The number of hydrogen-bond acceptors (Lipinski definition) is 4. The molecule has 1 heterocycles. The molecule has 0 aliphatic heterocycles. The molecule has 0 radical (unpaired) electrons. The van der Waals surface area contributed by atoms with E-state index >= 15 is 0 Å². The molecule has 2 rings (SSSR count). The third-order valence-corrected chi connectivity index (χ3v) is 5.30. The second kappa shape index (κ2) is 7.01. The van der Waals surface area contributed by atoms with E-state index in [9.17, 15) is 10.1 Å². The maximum Gasteiger partial charge on any atom is 0.266 e. The second-order valence-electron chi connectivity index (χ2n) is 6.79. The molecule has 0 amide bonds. The van der Waals surface area contributed by atoms with Gasteiger partial charge in [-0.15, -0.1) is 0 Å². The van der Waals surface area contributed by atoms with Crippen molar-refractivity contribution in [2.45, 2.75) is 40.0 Å². The summed E-state index contributed by atoms with van der Waals surface area (Å²) in [6, 6.07) is 5.95. The van der Waals surface area contributed by atoms with E-state index in [1.165, 1.54) is 0 Å². The van der Waals surface area contributed by atoms with Gasteiger partial charge in [-0.1, -0.05) is 13.8 Å². The number of nitrogens with one attached hydrogen (secondary N) is 1. The summed E-state index contributed by atoms with van der Waals surface area (Å²) < 4.78 is 0.439. The van der Waals surface area contributed by atoms with Crippen LogP contribution in [0.4, 0.5) is 5.95 Å². The third-order valence-electron chi connectivity index (χ3n) is 4.57. The van der Waals surface area contributed by atoms with Crippen molar-refractivity contribution in [3.8, 4) is 6.07 Å². The molecule has 0 spiro atoms. The van der Waals surface area contributed by atoms with Gasteiger partial charge in [-0.25, -0.2) is 4.98 Å². The van der Waals surface area contributed by atoms with Crippen LogP contribution in [0.15, 0.2) is 21.4 Å². The number of H-pyrrole nitrogens is 1. The van der Waals surface area contributed by atoms with E-state index in [2.05, 4.69) is 40.8 Å². The van der Waals surface area contributed by atoms with E-state index in [1.807, 2.05) is 44.9 Å². The van der Waals surface area contributed by atoms with Gasteiger partial charge in [0.15, 0.2) is 0 Å². The average molecular weight is 403 g/mol. The number of benzene rings is 1. The molecule has 0 unspecified atom stereocenters. The van der Waals surface area contributed by atoms with Crippen LogP contribution in [0, 0.1) is 25.2 Å². The summed E-state index contributed by atoms with van der Waals surface area (Å²) in [4.78, 5) is 21.9. The fourth-order valence-electron chi connectivity index (χ4n) is 3.32. The number of halogens is 1. The van der Waals surface area contributed by atoms with Crippen LogP contribution in [0.25, 0.3) is 0 Å². The lowest BCUT2D eigenvalue weighted by molar-refractivity contribution is 0.598. The Morgan fingerprint density at radius 3 is 2.36 bits per heavy atom. The Morgan fingerprint density at radius 1 is 1.32 bits per heavy atom. The molecule has 0 atom stereocenters. The Hall–Kier alpha value is -2.13. The molecule has 0 saturated carbocycles. The molecule has 25 heavy (non-hydrogen) atoms. The lowest BCUT2D eigenvalue weighted by Gasteiger charge is -2.30. The highest BCUT2D eigenvalue weighted by molar-refractivity contribution is 9.10. The van der Waals surface area contributed by atoms with E-state index in [4.69, 9.17) is 4.98 Å². The zero-order valence-corrected chi connectivity index (χ0v) is 17.1. The highest BCUT2D eigenvalue weighted by atomic mass is 79.9. The minimum absolute atomic E-state index is 0.197. The van der Waals surface area contributed by atoms with Crippen LogP contribution in [0.2, 0.25) is 0 Å². The number of aromatic nitrogens is 2. The third kappa shape index (κ3) is 3.47. The zero-order chi connectivity index (χ0) is 18.9. The van der Waals surface area contributed by atoms with E-state index in [0.717, 1.165) is 23.2 Å². The molecule has 0 bridgehead atoms. The number of anilines is 1. The van der Waals surface area contributed by atoms with Gasteiger partial charge in [0, 0.05) is 19.0 Å². The molecular formula is C19H23BrN4O. The Balaban J connectivity index is 2.75. The van der Waals surface area contributed by atoms with Crippen molar-refractivity contribution in [1.29, 1.82) is 5.26 Å². The van der Waals surface area contributed by atoms with Gasteiger partial charge < -0.3 is 4.90 Å². The minimum atomic E-state index is -0.501. The quantitative estimate of drug-likeness (QED) is 0.843. The molecule has 5 nitrogen and oxygen atoms in total. The molecule has 1 aromatic heterocycles. The van der Waals surface area contributed by atoms with Crippen molar-refractivity contribution in [2.75, 3.05) is 18.5 Å². The van der Waals surface area contributed by atoms with Crippen LogP contribution in [0.1, 0.15) is 48.7 Å². The molecule has 1 aromatic carbocycles. The highest BCUT2D eigenvalue weighted by Gasteiger charge is 2.32. The average Bonchev–Trinajstić information content (AvgIpc) is 2.55.